The van der Waals surface area contributed by atoms with Crippen LogP contribution in [0.1, 0.15) is 61.0 Å². The van der Waals surface area contributed by atoms with Gasteiger partial charge in [0.2, 0.25) is 5.91 Å². The van der Waals surface area contributed by atoms with E-state index in [0.29, 0.717) is 11.5 Å². The predicted octanol–water partition coefficient (Wildman–Crippen LogP) is 3.48. The molecule has 0 fully saturated rings. The van der Waals surface area contributed by atoms with E-state index in [4.69, 9.17) is 5.73 Å². The maximum Gasteiger partial charge on any atom is 0.248 e. The molecule has 0 saturated carbocycles. The number of hydrogen-bond donors (Lipinski definition) is 1. The Morgan fingerprint density at radius 1 is 1.35 bits per heavy atom. The maximum atomic E-state index is 11.2. The molecule has 0 radical (unpaired) electrons. The Morgan fingerprint density at radius 3 is 2.59 bits per heavy atom. The molecule has 1 atom stereocenters. The first-order valence-corrected chi connectivity index (χ1v) is 6.23. The first-order valence-electron chi connectivity index (χ1n) is 6.23. The molecule has 1 aliphatic carbocycles. The second-order valence-electron chi connectivity index (χ2n) is 4.64. The standard InChI is InChI=1S/C15H19NO/c1-4-11-9(3)12(5-2)14-8-10(15(16)17)6-7-13(11)14/h6-8,11H,4-5H2,1-3H3,(H2,16,17). The van der Waals surface area contributed by atoms with Gasteiger partial charge in [-0.25, -0.2) is 0 Å². The molecule has 0 saturated heterocycles. The zero-order valence-electron chi connectivity index (χ0n) is 10.7. The Balaban J connectivity index is 2.59. The smallest absolute Gasteiger partial charge is 0.248 e. The molecule has 2 heteroatoms. The monoisotopic (exact) mass is 229 g/mol. The molecule has 0 spiro atoms. The number of carbonyl (C=O) groups is 1. The molecule has 90 valence electrons. The normalized spacial score (nSPS) is 18.4. The van der Waals surface area contributed by atoms with Gasteiger partial charge in [0.15, 0.2) is 0 Å². The van der Waals surface area contributed by atoms with Crippen LogP contribution in [-0.4, -0.2) is 5.91 Å². The molecule has 0 heterocycles. The Bertz CT molecular complexity index is 500. The molecule has 17 heavy (non-hydrogen) atoms. The van der Waals surface area contributed by atoms with Gasteiger partial charge in [-0.3, -0.25) is 4.79 Å². The molecule has 0 bridgehead atoms. The Kier molecular flexibility index (Phi) is 3.05. The van der Waals surface area contributed by atoms with Crippen LogP contribution in [0, 0.1) is 0 Å². The van der Waals surface area contributed by atoms with E-state index in [1.54, 1.807) is 0 Å². The summed E-state index contributed by atoms with van der Waals surface area (Å²) >= 11 is 0. The van der Waals surface area contributed by atoms with E-state index in [2.05, 4.69) is 26.8 Å². The van der Waals surface area contributed by atoms with E-state index in [0.717, 1.165) is 12.8 Å². The quantitative estimate of drug-likeness (QED) is 0.847. The number of fused-ring (bicyclic) bond motifs is 1. The van der Waals surface area contributed by atoms with E-state index >= 15 is 0 Å². The van der Waals surface area contributed by atoms with E-state index in [1.807, 2.05) is 12.1 Å². The molecule has 2 N–H and O–H groups in total. The number of primary amides is 1. The molecule has 1 aromatic rings. The largest absolute Gasteiger partial charge is 0.366 e. The van der Waals surface area contributed by atoms with Gasteiger partial charge in [0.1, 0.15) is 0 Å². The molecule has 1 unspecified atom stereocenters. The lowest BCUT2D eigenvalue weighted by Crippen LogP contribution is -2.11. The summed E-state index contributed by atoms with van der Waals surface area (Å²) in [6, 6.07) is 5.86. The topological polar surface area (TPSA) is 43.1 Å². The number of amides is 1. The molecule has 0 aliphatic heterocycles. The van der Waals surface area contributed by atoms with Crippen molar-refractivity contribution in [2.45, 2.75) is 39.5 Å². The molecule has 2 nitrogen and oxygen atoms in total. The second kappa shape index (κ2) is 4.36. The van der Waals surface area contributed by atoms with Crippen LogP contribution in [-0.2, 0) is 0 Å². The minimum atomic E-state index is -0.346. The summed E-state index contributed by atoms with van der Waals surface area (Å²) in [4.78, 5) is 11.2. The molecule has 0 aromatic heterocycles. The lowest BCUT2D eigenvalue weighted by molar-refractivity contribution is 0.100. The van der Waals surface area contributed by atoms with Gasteiger partial charge in [-0.2, -0.15) is 0 Å². The van der Waals surface area contributed by atoms with Gasteiger partial charge in [0.25, 0.3) is 0 Å². The van der Waals surface area contributed by atoms with Crippen LogP contribution < -0.4 is 5.73 Å². The highest BCUT2D eigenvalue weighted by molar-refractivity contribution is 5.94. The van der Waals surface area contributed by atoms with Crippen LogP contribution in [0.3, 0.4) is 0 Å². The average Bonchev–Trinajstić information content (AvgIpc) is 2.58. The third-order valence-electron chi connectivity index (χ3n) is 3.80. The molecule has 1 aromatic carbocycles. The highest BCUT2D eigenvalue weighted by Gasteiger charge is 2.26. The summed E-state index contributed by atoms with van der Waals surface area (Å²) in [5, 5.41) is 0. The summed E-state index contributed by atoms with van der Waals surface area (Å²) < 4.78 is 0. The third kappa shape index (κ3) is 1.78. The minimum Gasteiger partial charge on any atom is -0.366 e. The molecular weight excluding hydrogens is 210 g/mol. The summed E-state index contributed by atoms with van der Waals surface area (Å²) in [5.41, 5.74) is 11.4. The number of rotatable bonds is 3. The van der Waals surface area contributed by atoms with E-state index in [1.165, 1.54) is 22.3 Å². The zero-order valence-corrected chi connectivity index (χ0v) is 10.7. The average molecular weight is 229 g/mol. The third-order valence-corrected chi connectivity index (χ3v) is 3.80. The number of carbonyl (C=O) groups excluding carboxylic acids is 1. The molecule has 1 amide bonds. The van der Waals surface area contributed by atoms with Crippen molar-refractivity contribution in [3.8, 4) is 0 Å². The van der Waals surface area contributed by atoms with Gasteiger partial charge in [-0.15, -0.1) is 0 Å². The second-order valence-corrected chi connectivity index (χ2v) is 4.64. The van der Waals surface area contributed by atoms with Gasteiger partial charge in [0.05, 0.1) is 0 Å². The fourth-order valence-corrected chi connectivity index (χ4v) is 2.93. The summed E-state index contributed by atoms with van der Waals surface area (Å²) in [6.45, 7) is 6.58. The Labute approximate surface area is 103 Å². The van der Waals surface area contributed by atoms with Crippen molar-refractivity contribution in [3.63, 3.8) is 0 Å². The van der Waals surface area contributed by atoms with Crippen molar-refractivity contribution in [3.05, 3.63) is 40.5 Å². The van der Waals surface area contributed by atoms with Crippen LogP contribution in [0.25, 0.3) is 5.57 Å². The lowest BCUT2D eigenvalue weighted by atomic mass is 9.93. The Hall–Kier alpha value is -1.57. The molecule has 2 rings (SSSR count). The van der Waals surface area contributed by atoms with Crippen molar-refractivity contribution in [1.82, 2.24) is 0 Å². The van der Waals surface area contributed by atoms with Crippen LogP contribution in [0.5, 0.6) is 0 Å². The van der Waals surface area contributed by atoms with Crippen molar-refractivity contribution in [2.75, 3.05) is 0 Å². The van der Waals surface area contributed by atoms with Gasteiger partial charge < -0.3 is 5.73 Å². The van der Waals surface area contributed by atoms with Gasteiger partial charge in [-0.05, 0) is 48.6 Å². The Morgan fingerprint density at radius 2 is 2.06 bits per heavy atom. The number of hydrogen-bond acceptors (Lipinski definition) is 1. The van der Waals surface area contributed by atoms with E-state index in [-0.39, 0.29) is 5.91 Å². The van der Waals surface area contributed by atoms with Crippen LogP contribution in [0.15, 0.2) is 23.8 Å². The lowest BCUT2D eigenvalue weighted by Gasteiger charge is -2.11. The number of allylic oxidation sites excluding steroid dienone is 2. The molecular formula is C15H19NO. The summed E-state index contributed by atoms with van der Waals surface area (Å²) in [6.07, 6.45) is 2.12. The molecule has 1 aliphatic rings. The minimum absolute atomic E-state index is 0.346. The van der Waals surface area contributed by atoms with Gasteiger partial charge in [0, 0.05) is 11.5 Å². The van der Waals surface area contributed by atoms with Crippen LogP contribution in [0.2, 0.25) is 0 Å². The number of nitrogens with two attached hydrogens (primary N) is 1. The summed E-state index contributed by atoms with van der Waals surface area (Å²) in [7, 11) is 0. The van der Waals surface area contributed by atoms with Crippen molar-refractivity contribution < 1.29 is 4.79 Å². The zero-order chi connectivity index (χ0) is 12.6. The van der Waals surface area contributed by atoms with Crippen LogP contribution >= 0.6 is 0 Å². The van der Waals surface area contributed by atoms with Crippen molar-refractivity contribution in [2.24, 2.45) is 5.73 Å². The SMILES string of the molecule is CCC1=C(C)C(CC)c2ccc(C(N)=O)cc21. The van der Waals surface area contributed by atoms with Gasteiger partial charge >= 0.3 is 0 Å². The van der Waals surface area contributed by atoms with E-state index in [9.17, 15) is 4.79 Å². The maximum absolute atomic E-state index is 11.2. The predicted molar refractivity (Wildman–Crippen MR) is 70.9 cm³/mol. The summed E-state index contributed by atoms with van der Waals surface area (Å²) in [5.74, 6) is 0.169. The number of benzene rings is 1. The van der Waals surface area contributed by atoms with Crippen molar-refractivity contribution >= 4 is 11.5 Å². The van der Waals surface area contributed by atoms with E-state index < -0.39 is 0 Å². The first-order chi connectivity index (χ1) is 8.10. The first kappa shape index (κ1) is 11.9. The van der Waals surface area contributed by atoms with Gasteiger partial charge in [-0.1, -0.05) is 25.5 Å². The van der Waals surface area contributed by atoms with Crippen molar-refractivity contribution in [1.29, 1.82) is 0 Å². The highest BCUT2D eigenvalue weighted by Crippen LogP contribution is 2.44. The fraction of sp³-hybridized carbons (Fsp3) is 0.400. The fourth-order valence-electron chi connectivity index (χ4n) is 2.93. The highest BCUT2D eigenvalue weighted by atomic mass is 16.1. The van der Waals surface area contributed by atoms with Crippen LogP contribution in [0.4, 0.5) is 0 Å².